The van der Waals surface area contributed by atoms with Crippen LogP contribution in [0.3, 0.4) is 0 Å². The Kier molecular flexibility index (Phi) is 2.79. The van der Waals surface area contributed by atoms with Gasteiger partial charge in [0.1, 0.15) is 0 Å². The summed E-state index contributed by atoms with van der Waals surface area (Å²) in [7, 11) is 0. The molecule has 3 heteroatoms. The second kappa shape index (κ2) is 3.05. The SMILES string of the molecule is [CH3][Sb]([CH3])([Br])([Br])[c]1ccccc1. The van der Waals surface area contributed by atoms with Crippen molar-refractivity contribution < 1.29 is 0 Å². The Morgan fingerprint density at radius 3 is 1.73 bits per heavy atom. The minimum absolute atomic E-state index is 1.42. The molecule has 0 spiro atoms. The summed E-state index contributed by atoms with van der Waals surface area (Å²) in [5, 5.41) is 0. The summed E-state index contributed by atoms with van der Waals surface area (Å²) in [5.41, 5.74) is 0. The van der Waals surface area contributed by atoms with Gasteiger partial charge in [0.25, 0.3) is 0 Å². The van der Waals surface area contributed by atoms with Crippen LogP contribution in [-0.4, -0.2) is 12.9 Å². The van der Waals surface area contributed by atoms with Crippen LogP contribution in [-0.2, 0) is 0 Å². The molecule has 0 N–H and O–H groups in total. The summed E-state index contributed by atoms with van der Waals surface area (Å²) in [6.07, 6.45) is 0. The molecular formula is C8H11Br2Sb. The zero-order valence-corrected chi connectivity index (χ0v) is 12.3. The van der Waals surface area contributed by atoms with Gasteiger partial charge in [0.05, 0.1) is 0 Å². The Morgan fingerprint density at radius 1 is 1.00 bits per heavy atom. The molecule has 1 aromatic rings. The average Bonchev–Trinajstić information content (AvgIpc) is 1.86. The monoisotopic (exact) mass is 386 g/mol. The third-order valence-corrected chi connectivity index (χ3v) is 11.9. The Morgan fingerprint density at radius 2 is 1.45 bits per heavy atom. The molecule has 0 aromatic heterocycles. The number of hydrogen-bond acceptors (Lipinski definition) is 0. The van der Waals surface area contributed by atoms with Gasteiger partial charge in [-0.15, -0.1) is 0 Å². The molecule has 0 unspecified atom stereocenters. The van der Waals surface area contributed by atoms with Crippen LogP contribution in [0.2, 0.25) is 9.74 Å². The van der Waals surface area contributed by atoms with Crippen LogP contribution >= 0.6 is 25.2 Å². The van der Waals surface area contributed by atoms with Gasteiger partial charge in [-0.05, 0) is 0 Å². The molecule has 0 bridgehead atoms. The fourth-order valence-corrected chi connectivity index (χ4v) is 6.85. The molecule has 0 fully saturated rings. The van der Waals surface area contributed by atoms with Gasteiger partial charge < -0.3 is 0 Å². The van der Waals surface area contributed by atoms with Crippen molar-refractivity contribution in [1.82, 2.24) is 0 Å². The molecule has 1 aromatic carbocycles. The van der Waals surface area contributed by atoms with E-state index in [0.717, 1.165) is 0 Å². The average molecular weight is 389 g/mol. The van der Waals surface area contributed by atoms with Crippen molar-refractivity contribution in [2.75, 3.05) is 0 Å². The summed E-state index contributed by atoms with van der Waals surface area (Å²) >= 11 is 5.00. The first-order valence-electron chi connectivity index (χ1n) is 3.37. The zero-order valence-electron chi connectivity index (χ0n) is 6.59. The molecule has 62 valence electrons. The number of halogens is 2. The van der Waals surface area contributed by atoms with Crippen molar-refractivity contribution in [2.45, 2.75) is 9.74 Å². The Bertz CT molecular complexity index is 239. The van der Waals surface area contributed by atoms with Crippen molar-refractivity contribution >= 4 is 41.6 Å². The van der Waals surface area contributed by atoms with E-state index >= 15 is 0 Å². The normalized spacial score (nSPS) is 15.5. The predicted octanol–water partition coefficient (Wildman–Crippen LogP) is 3.34. The summed E-state index contributed by atoms with van der Waals surface area (Å²) < 4.78 is 1.42. The maximum atomic E-state index is 3.81. The van der Waals surface area contributed by atoms with Gasteiger partial charge in [-0.25, -0.2) is 0 Å². The third-order valence-electron chi connectivity index (χ3n) is 1.47. The Balaban J connectivity index is 3.14. The van der Waals surface area contributed by atoms with E-state index in [-0.39, 0.29) is 0 Å². The van der Waals surface area contributed by atoms with Crippen molar-refractivity contribution in [3.8, 4) is 0 Å². The van der Waals surface area contributed by atoms with Crippen LogP contribution in [0.25, 0.3) is 0 Å². The van der Waals surface area contributed by atoms with E-state index in [1.807, 2.05) is 6.07 Å². The first-order chi connectivity index (χ1) is 4.86. The van der Waals surface area contributed by atoms with E-state index in [1.54, 1.807) is 0 Å². The van der Waals surface area contributed by atoms with E-state index in [4.69, 9.17) is 0 Å². The van der Waals surface area contributed by atoms with Crippen LogP contribution in [0.1, 0.15) is 0 Å². The fourth-order valence-electron chi connectivity index (χ4n) is 0.839. The van der Waals surface area contributed by atoms with E-state index in [2.05, 4.69) is 59.2 Å². The van der Waals surface area contributed by atoms with Crippen LogP contribution in [0.15, 0.2) is 30.3 Å². The standard InChI is InChI=1S/C6H5.2CH3.2BrH.Sb/c1-2-4-6-5-3-1;;;;;/h1-5H;2*1H3;2*1H;/q;;;;;+2/p-2. The summed E-state index contributed by atoms with van der Waals surface area (Å²) in [6, 6.07) is 10.5. The van der Waals surface area contributed by atoms with E-state index in [9.17, 15) is 0 Å². The molecule has 0 aliphatic rings. The molecule has 0 heterocycles. The van der Waals surface area contributed by atoms with Gasteiger partial charge in [0.2, 0.25) is 0 Å². The van der Waals surface area contributed by atoms with Gasteiger partial charge in [-0.1, -0.05) is 0 Å². The molecule has 0 amide bonds. The van der Waals surface area contributed by atoms with E-state index in [0.29, 0.717) is 0 Å². The molecule has 0 aliphatic carbocycles. The molecule has 11 heavy (non-hydrogen) atoms. The number of benzene rings is 1. The maximum absolute atomic E-state index is 3.81. The quantitative estimate of drug-likeness (QED) is 0.647. The molecular weight excluding hydrogens is 378 g/mol. The minimum atomic E-state index is -2.62. The molecule has 0 radical (unpaired) electrons. The first-order valence-corrected chi connectivity index (χ1v) is 21.2. The van der Waals surface area contributed by atoms with Crippen LogP contribution < -0.4 is 3.51 Å². The first kappa shape index (κ1) is 10.1. The van der Waals surface area contributed by atoms with E-state index in [1.165, 1.54) is 3.51 Å². The van der Waals surface area contributed by atoms with Gasteiger partial charge in [0, 0.05) is 0 Å². The Labute approximate surface area is 80.8 Å². The van der Waals surface area contributed by atoms with Gasteiger partial charge >= 0.3 is 81.7 Å². The predicted molar refractivity (Wildman–Crippen MR) is 61.4 cm³/mol. The van der Waals surface area contributed by atoms with Crippen molar-refractivity contribution in [2.24, 2.45) is 0 Å². The summed E-state index contributed by atoms with van der Waals surface area (Å²) in [4.78, 5) is 4.56. The number of rotatable bonds is 1. The molecule has 1 rings (SSSR count). The summed E-state index contributed by atoms with van der Waals surface area (Å²) in [5.74, 6) is 0. The van der Waals surface area contributed by atoms with Crippen molar-refractivity contribution in [3.05, 3.63) is 30.3 Å². The van der Waals surface area contributed by atoms with Gasteiger partial charge in [-0.3, -0.25) is 0 Å². The Hall–Kier alpha value is 0.998. The van der Waals surface area contributed by atoms with Crippen molar-refractivity contribution in [3.63, 3.8) is 0 Å². The third kappa shape index (κ3) is 3.08. The molecule has 0 aliphatic heterocycles. The molecule has 0 saturated carbocycles. The zero-order chi connectivity index (χ0) is 8.56. The topological polar surface area (TPSA) is 0 Å². The van der Waals surface area contributed by atoms with Crippen LogP contribution in [0.4, 0.5) is 0 Å². The molecule has 0 nitrogen and oxygen atoms in total. The fraction of sp³-hybridized carbons (Fsp3) is 0.250. The van der Waals surface area contributed by atoms with E-state index < -0.39 is 12.9 Å². The summed E-state index contributed by atoms with van der Waals surface area (Å²) in [6.45, 7) is 0. The molecule has 0 saturated heterocycles. The number of hydrogen-bond donors (Lipinski definition) is 0. The van der Waals surface area contributed by atoms with Crippen LogP contribution in [0, 0.1) is 0 Å². The second-order valence-corrected chi connectivity index (χ2v) is 49.8. The van der Waals surface area contributed by atoms with Gasteiger partial charge in [-0.2, -0.15) is 0 Å². The molecule has 0 atom stereocenters. The van der Waals surface area contributed by atoms with Crippen LogP contribution in [0.5, 0.6) is 0 Å². The van der Waals surface area contributed by atoms with Gasteiger partial charge in [0.15, 0.2) is 0 Å². The van der Waals surface area contributed by atoms with Crippen molar-refractivity contribution in [1.29, 1.82) is 0 Å². The second-order valence-electron chi connectivity index (χ2n) is 3.14.